The maximum Gasteiger partial charge on any atom is 0.472 e. The monoisotopic (exact) mass is 1400 g/mol. The average molecular weight is 1400 g/mol. The molecule has 19 heteroatoms. The maximum atomic E-state index is 13.1. The van der Waals surface area contributed by atoms with E-state index in [0.29, 0.717) is 31.6 Å². The number of esters is 4. The van der Waals surface area contributed by atoms with Crippen LogP contribution in [0, 0.1) is 23.7 Å². The van der Waals surface area contributed by atoms with Crippen molar-refractivity contribution in [2.24, 2.45) is 23.7 Å². The number of rotatable bonds is 73. The summed E-state index contributed by atoms with van der Waals surface area (Å²) in [5, 5.41) is 10.6. The normalized spacial score (nSPS) is 14.4. The quantitative estimate of drug-likeness (QED) is 0.0222. The first kappa shape index (κ1) is 93.1. The van der Waals surface area contributed by atoms with Gasteiger partial charge in [-0.25, -0.2) is 9.13 Å². The highest BCUT2D eigenvalue weighted by Crippen LogP contribution is 2.45. The summed E-state index contributed by atoms with van der Waals surface area (Å²) in [5.74, 6) is 0.924. The largest absolute Gasteiger partial charge is 0.472 e. The number of ether oxygens (including phenoxy) is 4. The molecular formula is C76H148O17P2. The molecule has 0 fully saturated rings. The number of phosphoric ester groups is 2. The molecule has 6 atom stereocenters. The van der Waals surface area contributed by atoms with Gasteiger partial charge >= 0.3 is 39.5 Å². The molecule has 3 unspecified atom stereocenters. The summed E-state index contributed by atoms with van der Waals surface area (Å²) < 4.78 is 68.5. The number of phosphoric acid groups is 2. The fraction of sp³-hybridized carbons (Fsp3) is 0.947. The van der Waals surface area contributed by atoms with Crippen molar-refractivity contribution >= 4 is 39.5 Å². The van der Waals surface area contributed by atoms with Crippen LogP contribution in [0.1, 0.15) is 383 Å². The van der Waals surface area contributed by atoms with Gasteiger partial charge in [-0.3, -0.25) is 37.3 Å². The highest BCUT2D eigenvalue weighted by molar-refractivity contribution is 7.47. The third kappa shape index (κ3) is 69.0. The second-order valence-electron chi connectivity index (χ2n) is 29.1. The molecule has 0 bridgehead atoms. The van der Waals surface area contributed by atoms with Crippen LogP contribution in [0.2, 0.25) is 0 Å². The van der Waals surface area contributed by atoms with Crippen LogP contribution in [0.3, 0.4) is 0 Å². The zero-order valence-corrected chi connectivity index (χ0v) is 64.1. The van der Waals surface area contributed by atoms with Gasteiger partial charge in [0.2, 0.25) is 0 Å². The number of hydrogen-bond acceptors (Lipinski definition) is 15. The Kier molecular flexibility index (Phi) is 64.0. The van der Waals surface area contributed by atoms with Crippen LogP contribution in [0.25, 0.3) is 0 Å². The Labute approximate surface area is 581 Å². The Balaban J connectivity index is 5.22. The van der Waals surface area contributed by atoms with Gasteiger partial charge in [-0.15, -0.1) is 0 Å². The minimum Gasteiger partial charge on any atom is -0.462 e. The highest BCUT2D eigenvalue weighted by Gasteiger charge is 2.30. The van der Waals surface area contributed by atoms with Crippen LogP contribution in [-0.2, 0) is 65.4 Å². The summed E-state index contributed by atoms with van der Waals surface area (Å²) in [4.78, 5) is 72.8. The molecule has 0 amide bonds. The van der Waals surface area contributed by atoms with E-state index in [2.05, 4.69) is 55.4 Å². The number of aliphatic hydroxyl groups excluding tert-OH is 1. The van der Waals surface area contributed by atoms with Gasteiger partial charge in [-0.05, 0) is 49.4 Å². The SMILES string of the molecule is CCC(C)CCCCCCCCCCCCC(=O)O[C@H](COC(=O)CCCCCCCCCCCCCCCCCCC(C)C)COP(=O)(O)OC[C@@H](O)COP(=O)(O)OC[C@@H](COC(=O)CCCCCCCCC(C)C)OC(=O)CCCCCCCCCCCCC(C)C. The lowest BCUT2D eigenvalue weighted by Gasteiger charge is -2.21. The second-order valence-corrected chi connectivity index (χ2v) is 32.0. The minimum absolute atomic E-state index is 0.104. The number of aliphatic hydroxyl groups is 1. The first-order valence-corrected chi connectivity index (χ1v) is 42.2. The summed E-state index contributed by atoms with van der Waals surface area (Å²) in [7, 11) is -9.91. The Morgan fingerprint density at radius 3 is 0.747 bits per heavy atom. The lowest BCUT2D eigenvalue weighted by Crippen LogP contribution is -2.30. The Bertz CT molecular complexity index is 1870. The summed E-state index contributed by atoms with van der Waals surface area (Å²) in [6.45, 7) is 14.2. The lowest BCUT2D eigenvalue weighted by atomic mass is 9.99. The molecular weight excluding hydrogens is 1250 g/mol. The first-order valence-electron chi connectivity index (χ1n) is 39.2. The molecule has 0 aromatic rings. The molecule has 0 aliphatic rings. The number of hydrogen-bond donors (Lipinski definition) is 3. The van der Waals surface area contributed by atoms with Crippen molar-refractivity contribution in [1.29, 1.82) is 0 Å². The van der Waals surface area contributed by atoms with Gasteiger partial charge in [0.25, 0.3) is 0 Å². The molecule has 0 rings (SSSR count). The van der Waals surface area contributed by atoms with E-state index in [1.54, 1.807) is 0 Å². The van der Waals surface area contributed by atoms with Crippen molar-refractivity contribution in [3.05, 3.63) is 0 Å². The van der Waals surface area contributed by atoms with Crippen LogP contribution in [0.4, 0.5) is 0 Å². The van der Waals surface area contributed by atoms with Crippen molar-refractivity contribution < 1.29 is 80.2 Å². The third-order valence-corrected chi connectivity index (χ3v) is 19.8. The molecule has 0 saturated heterocycles. The van der Waals surface area contributed by atoms with Crippen molar-refractivity contribution in [2.75, 3.05) is 39.6 Å². The van der Waals surface area contributed by atoms with Gasteiger partial charge < -0.3 is 33.8 Å². The smallest absolute Gasteiger partial charge is 0.462 e. The summed E-state index contributed by atoms with van der Waals surface area (Å²) in [5.41, 5.74) is 0. The maximum absolute atomic E-state index is 13.1. The van der Waals surface area contributed by atoms with Gasteiger partial charge in [0.15, 0.2) is 12.2 Å². The van der Waals surface area contributed by atoms with E-state index in [9.17, 15) is 43.2 Å². The molecule has 95 heavy (non-hydrogen) atoms. The highest BCUT2D eigenvalue weighted by atomic mass is 31.2. The van der Waals surface area contributed by atoms with E-state index in [-0.39, 0.29) is 25.7 Å². The Morgan fingerprint density at radius 1 is 0.295 bits per heavy atom. The van der Waals surface area contributed by atoms with Crippen LogP contribution in [-0.4, -0.2) is 96.7 Å². The molecule has 0 spiro atoms. The first-order chi connectivity index (χ1) is 45.6. The van der Waals surface area contributed by atoms with E-state index in [4.69, 9.17) is 37.0 Å². The molecule has 0 aromatic carbocycles. The van der Waals surface area contributed by atoms with Gasteiger partial charge in [0, 0.05) is 25.7 Å². The second kappa shape index (κ2) is 65.4. The average Bonchev–Trinajstić information content (AvgIpc) is 1.37. The van der Waals surface area contributed by atoms with Gasteiger partial charge in [0.05, 0.1) is 26.4 Å². The predicted molar refractivity (Wildman–Crippen MR) is 386 cm³/mol. The molecule has 0 aliphatic carbocycles. The minimum atomic E-state index is -4.96. The van der Waals surface area contributed by atoms with E-state index in [0.717, 1.165) is 114 Å². The molecule has 0 saturated carbocycles. The van der Waals surface area contributed by atoms with E-state index in [1.165, 1.54) is 180 Å². The Hall–Kier alpha value is -1.94. The molecule has 0 heterocycles. The molecule has 0 aliphatic heterocycles. The van der Waals surface area contributed by atoms with Gasteiger partial charge in [-0.1, -0.05) is 331 Å². The zero-order chi connectivity index (χ0) is 70.3. The van der Waals surface area contributed by atoms with Crippen molar-refractivity contribution in [1.82, 2.24) is 0 Å². The summed E-state index contributed by atoms with van der Waals surface area (Å²) >= 11 is 0. The summed E-state index contributed by atoms with van der Waals surface area (Å²) in [6.07, 6.45) is 50.1. The van der Waals surface area contributed by atoms with Crippen LogP contribution >= 0.6 is 15.6 Å². The van der Waals surface area contributed by atoms with Crippen LogP contribution < -0.4 is 0 Å². The van der Waals surface area contributed by atoms with Crippen LogP contribution in [0.5, 0.6) is 0 Å². The predicted octanol–water partition coefficient (Wildman–Crippen LogP) is 22.0. The van der Waals surface area contributed by atoms with Crippen molar-refractivity contribution in [2.45, 2.75) is 401 Å². The Morgan fingerprint density at radius 2 is 0.505 bits per heavy atom. The summed E-state index contributed by atoms with van der Waals surface area (Å²) in [6, 6.07) is 0. The number of unbranched alkanes of at least 4 members (excludes halogenated alkanes) is 38. The topological polar surface area (TPSA) is 237 Å². The number of carbonyl (C=O) groups is 4. The molecule has 0 aromatic heterocycles. The van der Waals surface area contributed by atoms with Crippen molar-refractivity contribution in [3.63, 3.8) is 0 Å². The molecule has 17 nitrogen and oxygen atoms in total. The van der Waals surface area contributed by atoms with E-state index < -0.39 is 97.5 Å². The van der Waals surface area contributed by atoms with Crippen LogP contribution in [0.15, 0.2) is 0 Å². The van der Waals surface area contributed by atoms with Crippen molar-refractivity contribution in [3.8, 4) is 0 Å². The fourth-order valence-corrected chi connectivity index (χ4v) is 13.1. The molecule has 3 N–H and O–H groups in total. The molecule has 0 radical (unpaired) electrons. The lowest BCUT2D eigenvalue weighted by molar-refractivity contribution is -0.161. The number of carbonyl (C=O) groups excluding carboxylic acids is 4. The van der Waals surface area contributed by atoms with Gasteiger partial charge in [0.1, 0.15) is 19.3 Å². The van der Waals surface area contributed by atoms with E-state index in [1.807, 2.05) is 0 Å². The third-order valence-electron chi connectivity index (χ3n) is 17.9. The van der Waals surface area contributed by atoms with Gasteiger partial charge in [-0.2, -0.15) is 0 Å². The molecule has 564 valence electrons. The zero-order valence-electron chi connectivity index (χ0n) is 62.3. The standard InChI is InChI=1S/C76H148O17P2/c1-9-69(8)55-47-39-30-24-19-21-27-33-43-51-59-76(81)92-71(62-86-73(78)56-48-40-31-25-17-15-13-11-10-12-14-16-22-28-36-44-52-66(2)3)64-90-94(82,83)88-60-70(77)61-89-95(84,85)91-65-72(63-87-74(79)57-49-41-35-34-38-46-54-68(6)7)93-75(80)58-50-42-32-26-20-18-23-29-37-45-53-67(4)5/h66-72,77H,9-65H2,1-8H3,(H,82,83)(H,84,85)/t69?,70-,71-,72-/m1/s1. The fourth-order valence-electron chi connectivity index (χ4n) is 11.5. The van der Waals surface area contributed by atoms with E-state index >= 15 is 0 Å².